The second-order valence-electron chi connectivity index (χ2n) is 4.14. The Labute approximate surface area is 73.7 Å². The summed E-state index contributed by atoms with van der Waals surface area (Å²) in [5.41, 5.74) is 0. The predicted molar refractivity (Wildman–Crippen MR) is 48.8 cm³/mol. The van der Waals surface area contributed by atoms with Gasteiger partial charge in [-0.15, -0.1) is 0 Å². The van der Waals surface area contributed by atoms with Gasteiger partial charge in [0.1, 0.15) is 0 Å². The molecule has 2 heteroatoms. The number of fused-ring (bicyclic) bond motifs is 2. The summed E-state index contributed by atoms with van der Waals surface area (Å²) in [5.74, 6) is 1.56. The van der Waals surface area contributed by atoms with Crippen LogP contribution in [0.2, 0.25) is 0 Å². The van der Waals surface area contributed by atoms with Crippen LogP contribution in [0, 0.1) is 11.8 Å². The van der Waals surface area contributed by atoms with Gasteiger partial charge in [0.2, 0.25) is 0 Å². The third-order valence-corrected chi connectivity index (χ3v) is 3.05. The lowest BCUT2D eigenvalue weighted by Crippen LogP contribution is -2.40. The molecule has 0 saturated heterocycles. The molecular weight excluding hydrogens is 150 g/mol. The van der Waals surface area contributed by atoms with Crippen molar-refractivity contribution in [3.8, 4) is 0 Å². The minimum Gasteiger partial charge on any atom is -0.395 e. The molecule has 12 heavy (non-hydrogen) atoms. The molecule has 0 spiro atoms. The molecule has 2 N–H and O–H groups in total. The summed E-state index contributed by atoms with van der Waals surface area (Å²) >= 11 is 0. The number of allylic oxidation sites excluding steroid dienone is 1. The second kappa shape index (κ2) is 3.19. The normalized spacial score (nSPS) is 40.7. The first-order valence-corrected chi connectivity index (χ1v) is 4.85. The maximum atomic E-state index is 8.88. The van der Waals surface area contributed by atoms with Gasteiger partial charge >= 0.3 is 0 Å². The van der Waals surface area contributed by atoms with Gasteiger partial charge in [-0.2, -0.15) is 0 Å². The summed E-state index contributed by atoms with van der Waals surface area (Å²) in [6.07, 6.45) is 7.27. The first kappa shape index (κ1) is 8.27. The summed E-state index contributed by atoms with van der Waals surface area (Å²) < 4.78 is 0. The molecular formula is C10H17NO. The van der Waals surface area contributed by atoms with E-state index in [1.54, 1.807) is 0 Å². The van der Waals surface area contributed by atoms with E-state index in [-0.39, 0.29) is 12.6 Å². The van der Waals surface area contributed by atoms with Crippen molar-refractivity contribution in [2.75, 3.05) is 6.61 Å². The van der Waals surface area contributed by atoms with Crippen LogP contribution >= 0.6 is 0 Å². The minimum absolute atomic E-state index is 0.248. The van der Waals surface area contributed by atoms with E-state index in [9.17, 15) is 0 Å². The summed E-state index contributed by atoms with van der Waals surface area (Å²) in [7, 11) is 0. The number of hydrogen-bond acceptors (Lipinski definition) is 2. The van der Waals surface area contributed by atoms with Crippen LogP contribution in [0.25, 0.3) is 0 Å². The summed E-state index contributed by atoms with van der Waals surface area (Å²) in [5, 5.41) is 12.3. The Bertz CT molecular complexity index is 190. The molecule has 0 amide bonds. The smallest absolute Gasteiger partial charge is 0.0582 e. The summed E-state index contributed by atoms with van der Waals surface area (Å²) in [6.45, 7) is 2.29. The van der Waals surface area contributed by atoms with Crippen LogP contribution in [0.15, 0.2) is 12.2 Å². The average Bonchev–Trinajstić information content (AvgIpc) is 2.64. The first-order chi connectivity index (χ1) is 5.79. The van der Waals surface area contributed by atoms with E-state index in [0.717, 1.165) is 11.8 Å². The Kier molecular flexibility index (Phi) is 2.20. The minimum atomic E-state index is 0.248. The van der Waals surface area contributed by atoms with Crippen molar-refractivity contribution in [1.82, 2.24) is 5.32 Å². The molecule has 2 bridgehead atoms. The Morgan fingerprint density at radius 3 is 2.83 bits per heavy atom. The summed E-state index contributed by atoms with van der Waals surface area (Å²) in [6, 6.07) is 0.880. The number of aliphatic hydroxyl groups excluding tert-OH is 1. The number of aliphatic hydroxyl groups is 1. The fourth-order valence-electron chi connectivity index (χ4n) is 2.39. The van der Waals surface area contributed by atoms with Gasteiger partial charge in [0, 0.05) is 12.1 Å². The molecule has 0 aliphatic heterocycles. The van der Waals surface area contributed by atoms with E-state index in [2.05, 4.69) is 17.5 Å². The molecule has 1 saturated carbocycles. The highest BCUT2D eigenvalue weighted by atomic mass is 16.3. The van der Waals surface area contributed by atoms with E-state index >= 15 is 0 Å². The van der Waals surface area contributed by atoms with Crippen molar-refractivity contribution in [3.05, 3.63) is 12.2 Å². The van der Waals surface area contributed by atoms with Crippen LogP contribution in [0.4, 0.5) is 0 Å². The van der Waals surface area contributed by atoms with Gasteiger partial charge in [-0.3, -0.25) is 0 Å². The van der Waals surface area contributed by atoms with Crippen molar-refractivity contribution in [2.24, 2.45) is 11.8 Å². The van der Waals surface area contributed by atoms with Crippen molar-refractivity contribution >= 4 is 0 Å². The van der Waals surface area contributed by atoms with Crippen molar-refractivity contribution in [2.45, 2.75) is 31.8 Å². The third kappa shape index (κ3) is 1.41. The van der Waals surface area contributed by atoms with Crippen LogP contribution in [-0.2, 0) is 0 Å². The lowest BCUT2D eigenvalue weighted by atomic mass is 10.0. The van der Waals surface area contributed by atoms with Crippen LogP contribution < -0.4 is 5.32 Å². The summed E-state index contributed by atoms with van der Waals surface area (Å²) in [4.78, 5) is 0. The standard InChI is InChI=1S/C10H17NO/c1-7(6-12)11-10-5-8-2-3-9(10)4-8/h2-3,7-12H,4-6H2,1H3/t7-,8-,9+,10?/m1/s1. The van der Waals surface area contributed by atoms with Gasteiger partial charge in [0.25, 0.3) is 0 Å². The highest BCUT2D eigenvalue weighted by Gasteiger charge is 2.35. The second-order valence-corrected chi connectivity index (χ2v) is 4.14. The topological polar surface area (TPSA) is 32.3 Å². The van der Waals surface area contributed by atoms with Crippen molar-refractivity contribution < 1.29 is 5.11 Å². The van der Waals surface area contributed by atoms with Crippen molar-refractivity contribution in [1.29, 1.82) is 0 Å². The molecule has 2 rings (SSSR count). The van der Waals surface area contributed by atoms with Crippen LogP contribution in [0.5, 0.6) is 0 Å². The zero-order valence-electron chi connectivity index (χ0n) is 7.53. The monoisotopic (exact) mass is 167 g/mol. The molecule has 0 heterocycles. The molecule has 0 aromatic rings. The van der Waals surface area contributed by atoms with Gasteiger partial charge < -0.3 is 10.4 Å². The van der Waals surface area contributed by atoms with Gasteiger partial charge in [0.15, 0.2) is 0 Å². The average molecular weight is 167 g/mol. The maximum Gasteiger partial charge on any atom is 0.0582 e. The number of rotatable bonds is 3. The molecule has 0 aromatic heterocycles. The van der Waals surface area contributed by atoms with Gasteiger partial charge in [-0.25, -0.2) is 0 Å². The SMILES string of the molecule is C[C@H](CO)NC1C[C@@H]2C=C[C@H]1C2. The van der Waals surface area contributed by atoms with E-state index < -0.39 is 0 Å². The van der Waals surface area contributed by atoms with Gasteiger partial charge in [-0.1, -0.05) is 12.2 Å². The number of hydrogen-bond donors (Lipinski definition) is 2. The molecule has 2 aliphatic carbocycles. The molecule has 2 aliphatic rings. The Morgan fingerprint density at radius 2 is 2.33 bits per heavy atom. The van der Waals surface area contributed by atoms with E-state index in [1.807, 2.05) is 6.92 Å². The Balaban J connectivity index is 1.87. The number of nitrogens with one attached hydrogen (secondary N) is 1. The largest absolute Gasteiger partial charge is 0.395 e. The maximum absolute atomic E-state index is 8.88. The van der Waals surface area contributed by atoms with E-state index in [0.29, 0.717) is 6.04 Å². The highest BCUT2D eigenvalue weighted by Crippen LogP contribution is 2.38. The molecule has 0 aromatic carbocycles. The quantitative estimate of drug-likeness (QED) is 0.613. The lowest BCUT2D eigenvalue weighted by molar-refractivity contribution is 0.234. The van der Waals surface area contributed by atoms with Crippen LogP contribution in [-0.4, -0.2) is 23.8 Å². The lowest BCUT2D eigenvalue weighted by Gasteiger charge is -2.23. The highest BCUT2D eigenvalue weighted by molar-refractivity contribution is 5.12. The van der Waals surface area contributed by atoms with E-state index in [4.69, 9.17) is 5.11 Å². The van der Waals surface area contributed by atoms with E-state index in [1.165, 1.54) is 12.8 Å². The van der Waals surface area contributed by atoms with Crippen molar-refractivity contribution in [3.63, 3.8) is 0 Å². The molecule has 4 atom stereocenters. The Hall–Kier alpha value is -0.340. The molecule has 68 valence electrons. The third-order valence-electron chi connectivity index (χ3n) is 3.05. The van der Waals surface area contributed by atoms with Crippen LogP contribution in [0.1, 0.15) is 19.8 Å². The zero-order valence-corrected chi connectivity index (χ0v) is 7.53. The first-order valence-electron chi connectivity index (χ1n) is 4.85. The van der Waals surface area contributed by atoms with Gasteiger partial charge in [-0.05, 0) is 31.6 Å². The predicted octanol–water partition coefficient (Wildman–Crippen LogP) is 0.921. The fraction of sp³-hybridized carbons (Fsp3) is 0.800. The molecule has 1 fully saturated rings. The van der Waals surface area contributed by atoms with Gasteiger partial charge in [0.05, 0.1) is 6.61 Å². The molecule has 2 nitrogen and oxygen atoms in total. The Morgan fingerprint density at radius 1 is 1.50 bits per heavy atom. The zero-order chi connectivity index (χ0) is 8.55. The molecule has 1 unspecified atom stereocenters. The fourth-order valence-corrected chi connectivity index (χ4v) is 2.39. The van der Waals surface area contributed by atoms with Crippen LogP contribution in [0.3, 0.4) is 0 Å². The molecule has 0 radical (unpaired) electrons.